The average molecular weight is 270 g/mol. The third kappa shape index (κ3) is 3.55. The summed E-state index contributed by atoms with van der Waals surface area (Å²) in [6.45, 7) is 3.39. The maximum Gasteiger partial charge on any atom is 0.443 e. The molecule has 0 N–H and O–H groups in total. The van der Waals surface area contributed by atoms with Gasteiger partial charge in [0.2, 0.25) is 0 Å². The molecule has 1 aromatic carbocycles. The molecule has 1 amide bonds. The van der Waals surface area contributed by atoms with E-state index in [0.717, 1.165) is 5.06 Å². The molecular formula is C12H12F2N2O3. The number of benzene rings is 1. The molecule has 0 spiro atoms. The molecule has 1 aromatic rings. The normalized spacial score (nSPS) is 9.63. The second-order valence-electron chi connectivity index (χ2n) is 3.36. The predicted molar refractivity (Wildman–Crippen MR) is 61.1 cm³/mol. The van der Waals surface area contributed by atoms with Gasteiger partial charge in [0, 0.05) is 6.07 Å². The van der Waals surface area contributed by atoms with Crippen molar-refractivity contribution in [2.45, 2.75) is 13.8 Å². The molecule has 0 saturated heterocycles. The summed E-state index contributed by atoms with van der Waals surface area (Å²) in [5, 5.41) is 9.28. The Kier molecular flexibility index (Phi) is 5.06. The summed E-state index contributed by atoms with van der Waals surface area (Å²) in [5.41, 5.74) is -0.441. The monoisotopic (exact) mass is 270 g/mol. The van der Waals surface area contributed by atoms with Crippen molar-refractivity contribution >= 4 is 6.09 Å². The first-order valence-electron chi connectivity index (χ1n) is 5.54. The van der Waals surface area contributed by atoms with Crippen molar-refractivity contribution in [3.63, 3.8) is 0 Å². The van der Waals surface area contributed by atoms with Gasteiger partial charge in [0.25, 0.3) is 0 Å². The highest BCUT2D eigenvalue weighted by Gasteiger charge is 2.18. The molecule has 0 bridgehead atoms. The van der Waals surface area contributed by atoms with E-state index in [1.807, 2.05) is 0 Å². The third-order valence-electron chi connectivity index (χ3n) is 2.11. The molecule has 0 atom stereocenters. The van der Waals surface area contributed by atoms with Crippen molar-refractivity contribution in [1.82, 2.24) is 5.06 Å². The molecule has 19 heavy (non-hydrogen) atoms. The van der Waals surface area contributed by atoms with Crippen molar-refractivity contribution in [2.75, 3.05) is 13.2 Å². The number of hydrogen-bond acceptors (Lipinski definition) is 4. The highest BCUT2D eigenvalue weighted by Crippen LogP contribution is 2.22. The molecule has 0 aliphatic carbocycles. The number of nitriles is 1. The Morgan fingerprint density at radius 1 is 1.37 bits per heavy atom. The second-order valence-corrected chi connectivity index (χ2v) is 3.36. The number of halogens is 2. The van der Waals surface area contributed by atoms with Gasteiger partial charge in [-0.05, 0) is 19.9 Å². The molecule has 0 heterocycles. The summed E-state index contributed by atoms with van der Waals surface area (Å²) in [6, 6.07) is 2.90. The van der Waals surface area contributed by atoms with Gasteiger partial charge in [-0.15, -0.1) is 5.06 Å². The number of rotatable bonds is 4. The van der Waals surface area contributed by atoms with Crippen molar-refractivity contribution in [1.29, 1.82) is 5.26 Å². The lowest BCUT2D eigenvalue weighted by Crippen LogP contribution is -2.34. The maximum absolute atomic E-state index is 13.5. The van der Waals surface area contributed by atoms with E-state index in [9.17, 15) is 13.6 Å². The fraction of sp³-hybridized carbons (Fsp3) is 0.333. The van der Waals surface area contributed by atoms with Crippen LogP contribution in [0.2, 0.25) is 0 Å². The second kappa shape index (κ2) is 6.54. The van der Waals surface area contributed by atoms with Crippen LogP contribution in [0, 0.1) is 23.0 Å². The van der Waals surface area contributed by atoms with Crippen LogP contribution >= 0.6 is 0 Å². The molecule has 0 aromatic heterocycles. The Bertz CT molecular complexity index is 514. The Morgan fingerprint density at radius 2 is 2.05 bits per heavy atom. The smallest absolute Gasteiger partial charge is 0.443 e. The molecule has 1 rings (SSSR count). The fourth-order valence-electron chi connectivity index (χ4n) is 1.23. The third-order valence-corrected chi connectivity index (χ3v) is 2.11. The van der Waals surface area contributed by atoms with E-state index in [1.165, 1.54) is 6.07 Å². The molecule has 0 aliphatic heterocycles. The molecular weight excluding hydrogens is 258 g/mol. The molecule has 0 aliphatic rings. The lowest BCUT2D eigenvalue weighted by molar-refractivity contribution is -0.0458. The first-order valence-corrected chi connectivity index (χ1v) is 5.54. The number of amides is 1. The Hall–Kier alpha value is -2.36. The SMILES string of the molecule is CCOC(=O)N(CC)Oc1cc(F)c(C#N)cc1F. The minimum Gasteiger partial charge on any atom is -0.448 e. The summed E-state index contributed by atoms with van der Waals surface area (Å²) in [7, 11) is 0. The molecule has 7 heteroatoms. The van der Waals surface area contributed by atoms with Crippen LogP contribution in [-0.4, -0.2) is 24.3 Å². The Balaban J connectivity index is 2.95. The zero-order chi connectivity index (χ0) is 14.4. The molecule has 0 radical (unpaired) electrons. The van der Waals surface area contributed by atoms with Crippen molar-refractivity contribution in [2.24, 2.45) is 0 Å². The van der Waals surface area contributed by atoms with Crippen LogP contribution in [0.1, 0.15) is 19.4 Å². The van der Waals surface area contributed by atoms with Crippen molar-refractivity contribution in [3.8, 4) is 11.8 Å². The van der Waals surface area contributed by atoms with Crippen LogP contribution in [0.4, 0.5) is 13.6 Å². The van der Waals surface area contributed by atoms with Gasteiger partial charge in [-0.25, -0.2) is 13.6 Å². The van der Waals surface area contributed by atoms with E-state index in [0.29, 0.717) is 12.1 Å². The predicted octanol–water partition coefficient (Wildman–Crippen LogP) is 2.61. The number of carbonyl (C=O) groups is 1. The van der Waals surface area contributed by atoms with Crippen LogP contribution in [-0.2, 0) is 4.74 Å². The van der Waals surface area contributed by atoms with Crippen LogP contribution in [0.15, 0.2) is 12.1 Å². The van der Waals surface area contributed by atoms with E-state index in [1.54, 1.807) is 13.8 Å². The maximum atomic E-state index is 13.5. The lowest BCUT2D eigenvalue weighted by Gasteiger charge is -2.20. The van der Waals surface area contributed by atoms with Crippen LogP contribution in [0.5, 0.6) is 5.75 Å². The Labute approximate surface area is 108 Å². The van der Waals surface area contributed by atoms with E-state index in [-0.39, 0.29) is 13.2 Å². The first kappa shape index (κ1) is 14.7. The Morgan fingerprint density at radius 3 is 2.58 bits per heavy atom. The summed E-state index contributed by atoms with van der Waals surface area (Å²) in [4.78, 5) is 16.3. The number of hydrogen-bond donors (Lipinski definition) is 0. The topological polar surface area (TPSA) is 62.6 Å². The quantitative estimate of drug-likeness (QED) is 0.789. The van der Waals surface area contributed by atoms with Gasteiger partial charge in [-0.2, -0.15) is 5.26 Å². The molecule has 5 nitrogen and oxygen atoms in total. The van der Waals surface area contributed by atoms with Gasteiger partial charge < -0.3 is 9.57 Å². The van der Waals surface area contributed by atoms with Crippen LogP contribution < -0.4 is 4.84 Å². The van der Waals surface area contributed by atoms with Crippen molar-refractivity contribution in [3.05, 3.63) is 29.3 Å². The van der Waals surface area contributed by atoms with Gasteiger partial charge in [0.05, 0.1) is 18.7 Å². The highest BCUT2D eigenvalue weighted by molar-refractivity contribution is 5.66. The van der Waals surface area contributed by atoms with E-state index < -0.39 is 29.0 Å². The lowest BCUT2D eigenvalue weighted by atomic mass is 10.2. The number of carbonyl (C=O) groups excluding carboxylic acids is 1. The zero-order valence-electron chi connectivity index (χ0n) is 10.4. The van der Waals surface area contributed by atoms with E-state index in [4.69, 9.17) is 10.1 Å². The summed E-state index contributed by atoms with van der Waals surface area (Å²) < 4.78 is 31.5. The largest absolute Gasteiger partial charge is 0.448 e. The highest BCUT2D eigenvalue weighted by atomic mass is 19.1. The van der Waals surface area contributed by atoms with Crippen molar-refractivity contribution < 1.29 is 23.1 Å². The summed E-state index contributed by atoms with van der Waals surface area (Å²) in [5.74, 6) is -2.37. The minimum absolute atomic E-state index is 0.0832. The van der Waals surface area contributed by atoms with E-state index >= 15 is 0 Å². The average Bonchev–Trinajstić information content (AvgIpc) is 2.39. The van der Waals surface area contributed by atoms with Gasteiger partial charge in [-0.1, -0.05) is 0 Å². The number of nitrogens with zero attached hydrogens (tertiary/aromatic N) is 2. The summed E-state index contributed by atoms with van der Waals surface area (Å²) >= 11 is 0. The number of hydroxylamine groups is 2. The molecule has 102 valence electrons. The van der Waals surface area contributed by atoms with Gasteiger partial charge >= 0.3 is 6.09 Å². The summed E-state index contributed by atoms with van der Waals surface area (Å²) in [6.07, 6.45) is -0.811. The number of ether oxygens (including phenoxy) is 1. The minimum atomic E-state index is -0.944. The van der Waals surface area contributed by atoms with Gasteiger partial charge in [0.1, 0.15) is 11.9 Å². The van der Waals surface area contributed by atoms with E-state index in [2.05, 4.69) is 4.74 Å². The van der Waals surface area contributed by atoms with Crippen LogP contribution in [0.3, 0.4) is 0 Å². The van der Waals surface area contributed by atoms with Gasteiger partial charge in [-0.3, -0.25) is 0 Å². The molecule has 0 unspecified atom stereocenters. The van der Waals surface area contributed by atoms with Gasteiger partial charge in [0.15, 0.2) is 11.6 Å². The molecule has 0 saturated carbocycles. The van der Waals surface area contributed by atoms with Crippen LogP contribution in [0.25, 0.3) is 0 Å². The fourth-order valence-corrected chi connectivity index (χ4v) is 1.23. The molecule has 0 fully saturated rings. The zero-order valence-corrected chi connectivity index (χ0v) is 10.4. The first-order chi connectivity index (χ1) is 9.03. The standard InChI is InChI=1S/C12H12F2N2O3/c1-3-16(12(17)18-4-2)19-11-6-9(13)8(7-15)5-10(11)14/h5-6H,3-4H2,1-2H3.